The fraction of sp³-hybridized carbons (Fsp3) is 0. The molecule has 16 aromatic carbocycles. The lowest BCUT2D eigenvalue weighted by molar-refractivity contribution is 1.08. The highest BCUT2D eigenvalue weighted by Gasteiger charge is 2.23. The molecule has 0 amide bonds. The molecule has 6 nitrogen and oxygen atoms in total. The van der Waals surface area contributed by atoms with Crippen LogP contribution >= 0.6 is 22.7 Å². The van der Waals surface area contributed by atoms with Gasteiger partial charge in [0.05, 0.1) is 0 Å². The predicted molar refractivity (Wildman–Crippen MR) is 414 cm³/mol. The molecule has 0 radical (unpaired) electrons. The van der Waals surface area contributed by atoms with Crippen LogP contribution in [0.3, 0.4) is 0 Å². The second-order valence-corrected chi connectivity index (χ2v) is 27.0. The molecule has 8 heteroatoms. The molecule has 0 aliphatic rings. The largest absolute Gasteiger partial charge is 0.208 e. The summed E-state index contributed by atoms with van der Waals surface area (Å²) in [7, 11) is 0. The highest BCUT2D eigenvalue weighted by Crippen LogP contribution is 2.48. The number of hydrogen-bond acceptors (Lipinski definition) is 8. The number of nitrogens with zero attached hydrogens (tertiary/aromatic N) is 6. The van der Waals surface area contributed by atoms with Crippen molar-refractivity contribution in [2.75, 3.05) is 0 Å². The molecule has 0 fully saturated rings. The molecular formula is C90H54N6S2. The van der Waals surface area contributed by atoms with E-state index < -0.39 is 0 Å². The van der Waals surface area contributed by atoms with Crippen LogP contribution in [0.1, 0.15) is 0 Å². The van der Waals surface area contributed by atoms with Crippen molar-refractivity contribution in [2.24, 2.45) is 0 Å². The van der Waals surface area contributed by atoms with E-state index in [4.69, 9.17) is 29.9 Å². The van der Waals surface area contributed by atoms with E-state index in [2.05, 4.69) is 291 Å². The maximum absolute atomic E-state index is 5.27. The van der Waals surface area contributed by atoms with Crippen molar-refractivity contribution < 1.29 is 0 Å². The molecule has 4 heterocycles. The minimum absolute atomic E-state index is 0.653. The Morgan fingerprint density at radius 3 is 1.02 bits per heavy atom. The molecule has 4 aromatic heterocycles. The van der Waals surface area contributed by atoms with Crippen LogP contribution in [0.5, 0.6) is 0 Å². The smallest absolute Gasteiger partial charge is 0.165 e. The fourth-order valence-corrected chi connectivity index (χ4v) is 16.5. The Kier molecular flexibility index (Phi) is 13.8. The average Bonchev–Trinajstić information content (AvgIpc) is 1.48. The Morgan fingerprint density at radius 2 is 0.520 bits per heavy atom. The van der Waals surface area contributed by atoms with Gasteiger partial charge in [-0.15, -0.1) is 22.7 Å². The summed E-state index contributed by atoms with van der Waals surface area (Å²) >= 11 is 3.68. The van der Waals surface area contributed by atoms with Gasteiger partial charge in [0.15, 0.2) is 34.9 Å². The first-order valence-electron chi connectivity index (χ1n) is 32.9. The Balaban J connectivity index is 0.000000137. The van der Waals surface area contributed by atoms with Crippen molar-refractivity contribution >= 4 is 128 Å². The topological polar surface area (TPSA) is 77.3 Å². The van der Waals surface area contributed by atoms with Crippen LogP contribution in [0.15, 0.2) is 328 Å². The van der Waals surface area contributed by atoms with E-state index in [1.54, 1.807) is 0 Å². The zero-order valence-electron chi connectivity index (χ0n) is 52.7. The summed E-state index contributed by atoms with van der Waals surface area (Å²) in [4.78, 5) is 31.0. The van der Waals surface area contributed by atoms with E-state index in [1.165, 1.54) is 111 Å². The first kappa shape index (κ1) is 57.0. The summed E-state index contributed by atoms with van der Waals surface area (Å²) in [5.74, 6) is 3.97. The van der Waals surface area contributed by atoms with Crippen molar-refractivity contribution in [1.82, 2.24) is 29.9 Å². The summed E-state index contributed by atoms with van der Waals surface area (Å²) < 4.78 is 4.99. The van der Waals surface area contributed by atoms with Crippen LogP contribution in [0.2, 0.25) is 0 Å². The Labute approximate surface area is 571 Å². The number of rotatable bonds is 8. The quantitative estimate of drug-likeness (QED) is 0.151. The molecule has 0 unspecified atom stereocenters. The zero-order valence-corrected chi connectivity index (χ0v) is 54.3. The number of aromatic nitrogens is 6. The lowest BCUT2D eigenvalue weighted by Gasteiger charge is -2.12. The molecule has 20 aromatic rings. The Morgan fingerprint density at radius 1 is 0.184 bits per heavy atom. The average molecular weight is 1280 g/mol. The minimum Gasteiger partial charge on any atom is -0.208 e. The van der Waals surface area contributed by atoms with Crippen molar-refractivity contribution in [2.45, 2.75) is 0 Å². The molecule has 456 valence electrons. The fourth-order valence-electron chi connectivity index (χ4n) is 14.0. The van der Waals surface area contributed by atoms with Crippen LogP contribution in [-0.2, 0) is 0 Å². The third-order valence-electron chi connectivity index (χ3n) is 18.9. The van der Waals surface area contributed by atoms with Crippen molar-refractivity contribution in [1.29, 1.82) is 0 Å². The molecular weight excluding hydrogens is 1230 g/mol. The van der Waals surface area contributed by atoms with Crippen LogP contribution < -0.4 is 0 Å². The SMILES string of the molecule is c1ccc(-c2nc(-c3ccc(-c4ccc5ccccc5c4)cc3)nc(-c3c4ccccc4cc4sc5cc6ccccc6cc5c34)n2)cc1.c1ccc(-c2nc(-c3ccc(-c4ccc5ccccc5c4)cc3)nc(-c3cc4ccccc4c4sc5cc6ccccc6cc5c34)n2)cc1. The highest BCUT2D eigenvalue weighted by molar-refractivity contribution is 7.27. The molecule has 98 heavy (non-hydrogen) atoms. The molecule has 20 rings (SSSR count). The zero-order chi connectivity index (χ0) is 64.6. The summed E-state index contributed by atoms with van der Waals surface area (Å²) in [6, 6.07) is 116. The van der Waals surface area contributed by atoms with Gasteiger partial charge in [-0.3, -0.25) is 0 Å². The van der Waals surface area contributed by atoms with Gasteiger partial charge in [0, 0.05) is 73.7 Å². The van der Waals surface area contributed by atoms with Crippen molar-refractivity contribution in [3.63, 3.8) is 0 Å². The molecule has 0 aliphatic heterocycles. The third-order valence-corrected chi connectivity index (χ3v) is 21.2. The molecule has 0 bridgehead atoms. The summed E-state index contributed by atoms with van der Waals surface area (Å²) in [5, 5.41) is 19.4. The standard InChI is InChI=1S/2C45H27N3S/c1-2-11-30(12-3-1)43-46-44(31-21-18-29(19-22-31)35-23-20-28-10-4-5-13-32(28)24-35)48-45(47-43)39-26-36-16-8-9-17-37(36)42-41(39)38-25-33-14-6-7-15-34(33)27-40(38)49-42;1-2-11-30(12-3-1)43-46-44(31-21-18-29(19-22-31)35-23-20-28-10-4-5-13-32(28)24-35)48-45(47-43)42-37-17-9-8-16-36(37)27-40-41(42)38-25-33-14-6-7-15-34(33)26-39(38)49-40/h2*1-27H. The number of fused-ring (bicyclic) bond motifs is 13. The Hall–Kier alpha value is -12.5. The van der Waals surface area contributed by atoms with E-state index in [0.717, 1.165) is 49.9 Å². The van der Waals surface area contributed by atoms with Gasteiger partial charge in [0.2, 0.25) is 0 Å². The summed E-state index contributed by atoms with van der Waals surface area (Å²) in [6.07, 6.45) is 0. The van der Waals surface area contributed by atoms with E-state index in [1.807, 2.05) is 59.1 Å². The monoisotopic (exact) mass is 1280 g/mol. The first-order valence-corrected chi connectivity index (χ1v) is 34.5. The Bertz CT molecular complexity index is 6520. The van der Waals surface area contributed by atoms with E-state index in [9.17, 15) is 0 Å². The third kappa shape index (κ3) is 10.3. The van der Waals surface area contributed by atoms with Crippen LogP contribution in [-0.4, -0.2) is 29.9 Å². The molecule has 0 spiro atoms. The van der Waals surface area contributed by atoms with E-state index >= 15 is 0 Å². The van der Waals surface area contributed by atoms with E-state index in [0.29, 0.717) is 34.9 Å². The molecule has 0 saturated heterocycles. The van der Waals surface area contributed by atoms with Gasteiger partial charge in [-0.2, -0.15) is 0 Å². The van der Waals surface area contributed by atoms with Gasteiger partial charge in [-0.05, 0) is 135 Å². The molecule has 0 atom stereocenters. The van der Waals surface area contributed by atoms with Gasteiger partial charge in [-0.25, -0.2) is 29.9 Å². The normalized spacial score (nSPS) is 11.7. The first-order chi connectivity index (χ1) is 48.5. The van der Waals surface area contributed by atoms with Crippen LogP contribution in [0, 0.1) is 0 Å². The van der Waals surface area contributed by atoms with Gasteiger partial charge >= 0.3 is 0 Å². The maximum Gasteiger partial charge on any atom is 0.165 e. The summed E-state index contributed by atoms with van der Waals surface area (Å²) in [6.45, 7) is 0. The molecule has 0 saturated carbocycles. The highest BCUT2D eigenvalue weighted by atomic mass is 32.1. The second kappa shape index (κ2) is 23.8. The van der Waals surface area contributed by atoms with Crippen LogP contribution in [0.25, 0.3) is 196 Å². The lowest BCUT2D eigenvalue weighted by atomic mass is 9.97. The van der Waals surface area contributed by atoms with Gasteiger partial charge in [-0.1, -0.05) is 279 Å². The van der Waals surface area contributed by atoms with Crippen molar-refractivity contribution in [3.05, 3.63) is 328 Å². The predicted octanol–water partition coefficient (Wildman–Crippen LogP) is 24.7. The van der Waals surface area contributed by atoms with Gasteiger partial charge in [0.1, 0.15) is 0 Å². The number of benzene rings is 16. The van der Waals surface area contributed by atoms with Gasteiger partial charge in [0.25, 0.3) is 0 Å². The van der Waals surface area contributed by atoms with Crippen LogP contribution in [0.4, 0.5) is 0 Å². The van der Waals surface area contributed by atoms with E-state index in [-0.39, 0.29) is 0 Å². The minimum atomic E-state index is 0.653. The molecule has 0 N–H and O–H groups in total. The number of thiophene rings is 2. The van der Waals surface area contributed by atoms with Crippen molar-refractivity contribution in [3.8, 4) is 90.6 Å². The molecule has 0 aliphatic carbocycles. The lowest BCUT2D eigenvalue weighted by Crippen LogP contribution is -2.01. The maximum atomic E-state index is 5.27. The second-order valence-electron chi connectivity index (χ2n) is 24.9. The van der Waals surface area contributed by atoms with Gasteiger partial charge < -0.3 is 0 Å². The summed E-state index contributed by atoms with van der Waals surface area (Å²) in [5.41, 5.74) is 10.5. The number of hydrogen-bond donors (Lipinski definition) is 0.